The molecule has 2 aromatic rings. The highest BCUT2D eigenvalue weighted by molar-refractivity contribution is 5.97. The SMILES string of the molecule is C=C(C)C(=O)Cc1nn(C)c2ccccc12. The maximum absolute atomic E-state index is 11.6. The van der Waals surface area contributed by atoms with Crippen LogP contribution in [0.15, 0.2) is 36.4 Å². The molecule has 0 aliphatic carbocycles. The molecule has 0 aliphatic rings. The van der Waals surface area contributed by atoms with Gasteiger partial charge in [-0.1, -0.05) is 24.8 Å². The van der Waals surface area contributed by atoms with Crippen LogP contribution in [0.2, 0.25) is 0 Å². The molecule has 3 nitrogen and oxygen atoms in total. The highest BCUT2D eigenvalue weighted by atomic mass is 16.1. The van der Waals surface area contributed by atoms with Crippen molar-refractivity contribution in [2.75, 3.05) is 0 Å². The van der Waals surface area contributed by atoms with Crippen molar-refractivity contribution < 1.29 is 4.79 Å². The molecule has 3 heteroatoms. The van der Waals surface area contributed by atoms with E-state index in [-0.39, 0.29) is 5.78 Å². The number of carbonyl (C=O) groups is 1. The minimum atomic E-state index is 0.0452. The van der Waals surface area contributed by atoms with Crippen molar-refractivity contribution in [2.45, 2.75) is 13.3 Å². The van der Waals surface area contributed by atoms with E-state index >= 15 is 0 Å². The van der Waals surface area contributed by atoms with Gasteiger partial charge in [-0.2, -0.15) is 5.10 Å². The maximum Gasteiger partial charge on any atom is 0.164 e. The molecule has 1 heterocycles. The molecule has 1 aromatic carbocycles. The second kappa shape index (κ2) is 3.93. The molecule has 0 spiro atoms. The van der Waals surface area contributed by atoms with Crippen molar-refractivity contribution in [1.29, 1.82) is 0 Å². The van der Waals surface area contributed by atoms with Crippen LogP contribution in [0.4, 0.5) is 0 Å². The summed E-state index contributed by atoms with van der Waals surface area (Å²) in [6.45, 7) is 5.38. The minimum Gasteiger partial charge on any atom is -0.294 e. The molecule has 0 radical (unpaired) electrons. The third-order valence-electron chi connectivity index (χ3n) is 2.64. The number of Topliss-reactive ketones (excluding diaryl/α,β-unsaturated/α-hetero) is 1. The highest BCUT2D eigenvalue weighted by Crippen LogP contribution is 2.18. The van der Waals surface area contributed by atoms with Crippen molar-refractivity contribution in [3.63, 3.8) is 0 Å². The molecule has 0 fully saturated rings. The molecule has 2 rings (SSSR count). The summed E-state index contributed by atoms with van der Waals surface area (Å²) in [4.78, 5) is 11.6. The van der Waals surface area contributed by atoms with Crippen LogP contribution in [0.25, 0.3) is 10.9 Å². The summed E-state index contributed by atoms with van der Waals surface area (Å²) in [6, 6.07) is 7.91. The molecule has 0 aliphatic heterocycles. The summed E-state index contributed by atoms with van der Waals surface area (Å²) in [6.07, 6.45) is 0.330. The number of allylic oxidation sites excluding steroid dienone is 1. The molecule has 0 atom stereocenters. The van der Waals surface area contributed by atoms with Crippen LogP contribution in [0.5, 0.6) is 0 Å². The number of benzene rings is 1. The lowest BCUT2D eigenvalue weighted by atomic mass is 10.1. The summed E-state index contributed by atoms with van der Waals surface area (Å²) >= 11 is 0. The molecule has 0 N–H and O–H groups in total. The molecule has 0 bridgehead atoms. The van der Waals surface area contributed by atoms with Gasteiger partial charge in [0, 0.05) is 12.4 Å². The first-order valence-electron chi connectivity index (χ1n) is 5.19. The lowest BCUT2D eigenvalue weighted by Gasteiger charge is -1.96. The van der Waals surface area contributed by atoms with E-state index in [1.165, 1.54) is 0 Å². The third kappa shape index (κ3) is 1.76. The number of fused-ring (bicyclic) bond motifs is 1. The Kier molecular flexibility index (Phi) is 2.60. The number of hydrogen-bond acceptors (Lipinski definition) is 2. The van der Waals surface area contributed by atoms with Gasteiger partial charge in [0.1, 0.15) is 0 Å². The van der Waals surface area contributed by atoms with Crippen LogP contribution in [-0.4, -0.2) is 15.6 Å². The van der Waals surface area contributed by atoms with Gasteiger partial charge >= 0.3 is 0 Å². The number of para-hydroxylation sites is 1. The number of hydrogen-bond donors (Lipinski definition) is 0. The number of aromatic nitrogens is 2. The Hall–Kier alpha value is -1.90. The largest absolute Gasteiger partial charge is 0.294 e. The summed E-state index contributed by atoms with van der Waals surface area (Å²) < 4.78 is 1.80. The zero-order chi connectivity index (χ0) is 11.7. The van der Waals surface area contributed by atoms with Crippen LogP contribution in [-0.2, 0) is 18.3 Å². The zero-order valence-corrected chi connectivity index (χ0v) is 9.53. The molecule has 82 valence electrons. The Morgan fingerprint density at radius 3 is 2.81 bits per heavy atom. The average Bonchev–Trinajstić information content (AvgIpc) is 2.57. The zero-order valence-electron chi connectivity index (χ0n) is 9.53. The van der Waals surface area contributed by atoms with Gasteiger partial charge in [-0.3, -0.25) is 9.48 Å². The van der Waals surface area contributed by atoms with E-state index in [1.54, 1.807) is 11.6 Å². The normalized spacial score (nSPS) is 10.6. The van der Waals surface area contributed by atoms with Crippen molar-refractivity contribution in [3.8, 4) is 0 Å². The Morgan fingerprint density at radius 1 is 1.44 bits per heavy atom. The lowest BCUT2D eigenvalue weighted by Crippen LogP contribution is -2.04. The number of nitrogens with zero attached hydrogens (tertiary/aromatic N) is 2. The van der Waals surface area contributed by atoms with Crippen LogP contribution < -0.4 is 0 Å². The highest BCUT2D eigenvalue weighted by Gasteiger charge is 2.12. The molecule has 16 heavy (non-hydrogen) atoms. The Bertz CT molecular complexity index is 566. The summed E-state index contributed by atoms with van der Waals surface area (Å²) in [7, 11) is 1.89. The standard InChI is InChI=1S/C13H14N2O/c1-9(2)13(16)8-11-10-6-4-5-7-12(10)15(3)14-11/h4-7H,1,8H2,2-3H3. The van der Waals surface area contributed by atoms with Crippen molar-refractivity contribution in [2.24, 2.45) is 7.05 Å². The second-order valence-electron chi connectivity index (χ2n) is 3.97. The van der Waals surface area contributed by atoms with Gasteiger partial charge in [-0.25, -0.2) is 0 Å². The first-order chi connectivity index (χ1) is 7.59. The van der Waals surface area contributed by atoms with E-state index in [4.69, 9.17) is 0 Å². The first-order valence-corrected chi connectivity index (χ1v) is 5.19. The molecule has 0 amide bonds. The van der Waals surface area contributed by atoms with Gasteiger partial charge in [-0.15, -0.1) is 0 Å². The quantitative estimate of drug-likeness (QED) is 0.734. The van der Waals surface area contributed by atoms with Crippen molar-refractivity contribution in [3.05, 3.63) is 42.1 Å². The molecular weight excluding hydrogens is 200 g/mol. The first kappa shape index (κ1) is 10.6. The van der Waals surface area contributed by atoms with Gasteiger partial charge in [0.15, 0.2) is 5.78 Å². The Balaban J connectivity index is 2.46. The summed E-state index contributed by atoms with van der Waals surface area (Å²) in [5, 5.41) is 5.41. The summed E-state index contributed by atoms with van der Waals surface area (Å²) in [5.41, 5.74) is 2.45. The van der Waals surface area contributed by atoms with Crippen LogP contribution in [0.3, 0.4) is 0 Å². The van der Waals surface area contributed by atoms with E-state index in [1.807, 2.05) is 31.3 Å². The molecule has 0 unspecified atom stereocenters. The fourth-order valence-corrected chi connectivity index (χ4v) is 1.72. The Labute approximate surface area is 94.4 Å². The van der Waals surface area contributed by atoms with Gasteiger partial charge in [0.2, 0.25) is 0 Å². The number of rotatable bonds is 3. The van der Waals surface area contributed by atoms with E-state index < -0.39 is 0 Å². The lowest BCUT2D eigenvalue weighted by molar-refractivity contribution is -0.114. The van der Waals surface area contributed by atoms with Crippen LogP contribution in [0.1, 0.15) is 12.6 Å². The summed E-state index contributed by atoms with van der Waals surface area (Å²) in [5.74, 6) is 0.0452. The van der Waals surface area contributed by atoms with E-state index in [9.17, 15) is 4.79 Å². The number of ketones is 1. The van der Waals surface area contributed by atoms with Crippen molar-refractivity contribution in [1.82, 2.24) is 9.78 Å². The number of carbonyl (C=O) groups excluding carboxylic acids is 1. The maximum atomic E-state index is 11.6. The van der Waals surface area contributed by atoms with Crippen molar-refractivity contribution >= 4 is 16.7 Å². The Morgan fingerprint density at radius 2 is 2.12 bits per heavy atom. The molecule has 0 saturated carbocycles. The van der Waals surface area contributed by atoms with Gasteiger partial charge in [0.05, 0.1) is 17.6 Å². The predicted octanol–water partition coefficient (Wildman–Crippen LogP) is 2.26. The monoisotopic (exact) mass is 214 g/mol. The topological polar surface area (TPSA) is 34.9 Å². The van der Waals surface area contributed by atoms with Crippen LogP contribution in [0, 0.1) is 0 Å². The molecule has 1 aromatic heterocycles. The number of aryl methyl sites for hydroxylation is 1. The molecular formula is C13H14N2O. The van der Waals surface area contributed by atoms with Crippen LogP contribution >= 0.6 is 0 Å². The van der Waals surface area contributed by atoms with Gasteiger partial charge in [-0.05, 0) is 18.6 Å². The average molecular weight is 214 g/mol. The van der Waals surface area contributed by atoms with E-state index in [0.29, 0.717) is 12.0 Å². The van der Waals surface area contributed by atoms with Gasteiger partial charge < -0.3 is 0 Å². The fourth-order valence-electron chi connectivity index (χ4n) is 1.72. The van der Waals surface area contributed by atoms with E-state index in [0.717, 1.165) is 16.6 Å². The third-order valence-corrected chi connectivity index (χ3v) is 2.64. The minimum absolute atomic E-state index is 0.0452. The van der Waals surface area contributed by atoms with E-state index in [2.05, 4.69) is 11.7 Å². The molecule has 0 saturated heterocycles. The smallest absolute Gasteiger partial charge is 0.164 e. The fraction of sp³-hybridized carbons (Fsp3) is 0.231. The van der Waals surface area contributed by atoms with Gasteiger partial charge in [0.25, 0.3) is 0 Å². The predicted molar refractivity (Wildman–Crippen MR) is 64.2 cm³/mol. The second-order valence-corrected chi connectivity index (χ2v) is 3.97.